The Morgan fingerprint density at radius 2 is 1.80 bits per heavy atom. The Morgan fingerprint density at radius 3 is 2.35 bits per heavy atom. The number of hydrogen-bond acceptors (Lipinski definition) is 4. The van der Waals surface area contributed by atoms with Crippen LogP contribution in [0.25, 0.3) is 0 Å². The SMILES string of the molecule is CN1CCN(C(=O)c2cc(N)nc(C(C)(C)C)c2)CC1. The molecule has 2 N–H and O–H groups in total. The third-order valence-corrected chi connectivity index (χ3v) is 3.65. The summed E-state index contributed by atoms with van der Waals surface area (Å²) in [6.45, 7) is 9.57. The number of carbonyl (C=O) groups excluding carboxylic acids is 1. The van der Waals surface area contributed by atoms with Gasteiger partial charge in [-0.15, -0.1) is 0 Å². The zero-order valence-corrected chi connectivity index (χ0v) is 12.8. The monoisotopic (exact) mass is 276 g/mol. The van der Waals surface area contributed by atoms with Crippen LogP contribution in [0.1, 0.15) is 36.8 Å². The predicted molar refractivity (Wildman–Crippen MR) is 80.7 cm³/mol. The molecule has 0 unspecified atom stereocenters. The summed E-state index contributed by atoms with van der Waals surface area (Å²) >= 11 is 0. The largest absolute Gasteiger partial charge is 0.384 e. The zero-order chi connectivity index (χ0) is 14.9. The van der Waals surface area contributed by atoms with E-state index < -0.39 is 0 Å². The average Bonchev–Trinajstić information content (AvgIpc) is 2.37. The molecule has 2 heterocycles. The Labute approximate surface area is 120 Å². The van der Waals surface area contributed by atoms with E-state index in [0.717, 1.165) is 31.9 Å². The number of nitrogen functional groups attached to an aromatic ring is 1. The topological polar surface area (TPSA) is 62.5 Å². The van der Waals surface area contributed by atoms with E-state index in [2.05, 4.69) is 37.7 Å². The first-order valence-corrected chi connectivity index (χ1v) is 7.03. The molecule has 1 aromatic rings. The molecule has 0 aliphatic carbocycles. The van der Waals surface area contributed by atoms with Crippen molar-refractivity contribution in [3.63, 3.8) is 0 Å². The Bertz CT molecular complexity index is 499. The minimum absolute atomic E-state index is 0.0534. The summed E-state index contributed by atoms with van der Waals surface area (Å²) in [5, 5.41) is 0. The minimum atomic E-state index is -0.119. The number of pyridine rings is 1. The highest BCUT2D eigenvalue weighted by Crippen LogP contribution is 2.23. The van der Waals surface area contributed by atoms with Crippen LogP contribution in [0.3, 0.4) is 0 Å². The molecule has 1 fully saturated rings. The highest BCUT2D eigenvalue weighted by Gasteiger charge is 2.23. The van der Waals surface area contributed by atoms with E-state index in [0.29, 0.717) is 11.4 Å². The molecule has 20 heavy (non-hydrogen) atoms. The van der Waals surface area contributed by atoms with E-state index in [-0.39, 0.29) is 11.3 Å². The van der Waals surface area contributed by atoms with Crippen LogP contribution >= 0.6 is 0 Å². The van der Waals surface area contributed by atoms with Crippen molar-refractivity contribution in [3.8, 4) is 0 Å². The molecule has 0 atom stereocenters. The summed E-state index contributed by atoms with van der Waals surface area (Å²) in [5.74, 6) is 0.465. The second kappa shape index (κ2) is 5.40. The molecule has 5 nitrogen and oxygen atoms in total. The van der Waals surface area contributed by atoms with E-state index in [1.807, 2.05) is 11.0 Å². The number of anilines is 1. The lowest BCUT2D eigenvalue weighted by Crippen LogP contribution is -2.47. The summed E-state index contributed by atoms with van der Waals surface area (Å²) in [7, 11) is 2.07. The van der Waals surface area contributed by atoms with Crippen molar-refractivity contribution in [2.24, 2.45) is 0 Å². The van der Waals surface area contributed by atoms with Crippen LogP contribution in [-0.4, -0.2) is 53.9 Å². The van der Waals surface area contributed by atoms with Crippen molar-refractivity contribution in [2.75, 3.05) is 39.0 Å². The third kappa shape index (κ3) is 3.28. The van der Waals surface area contributed by atoms with E-state index in [9.17, 15) is 4.79 Å². The second-order valence-corrected chi connectivity index (χ2v) is 6.51. The van der Waals surface area contributed by atoms with Crippen LogP contribution in [0.5, 0.6) is 0 Å². The number of hydrogen-bond donors (Lipinski definition) is 1. The van der Waals surface area contributed by atoms with E-state index >= 15 is 0 Å². The highest BCUT2D eigenvalue weighted by molar-refractivity contribution is 5.95. The summed E-state index contributed by atoms with van der Waals surface area (Å²) in [4.78, 5) is 21.0. The maximum absolute atomic E-state index is 12.6. The number of piperazine rings is 1. The van der Waals surface area contributed by atoms with Gasteiger partial charge >= 0.3 is 0 Å². The number of amides is 1. The number of nitrogens with two attached hydrogens (primary N) is 1. The Hall–Kier alpha value is -1.62. The lowest BCUT2D eigenvalue weighted by molar-refractivity contribution is 0.0664. The lowest BCUT2D eigenvalue weighted by atomic mass is 9.90. The van der Waals surface area contributed by atoms with Crippen molar-refractivity contribution >= 4 is 11.7 Å². The van der Waals surface area contributed by atoms with Gasteiger partial charge in [-0.05, 0) is 19.2 Å². The third-order valence-electron chi connectivity index (χ3n) is 3.65. The number of aromatic nitrogens is 1. The number of carbonyl (C=O) groups is 1. The van der Waals surface area contributed by atoms with Gasteiger partial charge in [0.2, 0.25) is 0 Å². The fraction of sp³-hybridized carbons (Fsp3) is 0.600. The van der Waals surface area contributed by atoms with Gasteiger partial charge in [-0.1, -0.05) is 20.8 Å². The standard InChI is InChI=1S/C15H24N4O/c1-15(2,3)12-9-11(10-13(16)17-12)14(20)19-7-5-18(4)6-8-19/h9-10H,5-8H2,1-4H3,(H2,16,17). The highest BCUT2D eigenvalue weighted by atomic mass is 16.2. The summed E-state index contributed by atoms with van der Waals surface area (Å²) in [6, 6.07) is 3.55. The zero-order valence-electron chi connectivity index (χ0n) is 12.8. The first kappa shape index (κ1) is 14.8. The van der Waals surface area contributed by atoms with Crippen LogP contribution in [0, 0.1) is 0 Å². The first-order chi connectivity index (χ1) is 9.27. The van der Waals surface area contributed by atoms with Gasteiger partial charge in [-0.25, -0.2) is 4.98 Å². The number of likely N-dealkylation sites (N-methyl/N-ethyl adjacent to an activating group) is 1. The molecular formula is C15H24N4O. The summed E-state index contributed by atoms with van der Waals surface area (Å²) < 4.78 is 0. The van der Waals surface area contributed by atoms with Gasteiger partial charge in [-0.3, -0.25) is 4.79 Å². The van der Waals surface area contributed by atoms with Gasteiger partial charge in [-0.2, -0.15) is 0 Å². The Balaban J connectivity index is 2.24. The Morgan fingerprint density at radius 1 is 1.20 bits per heavy atom. The minimum Gasteiger partial charge on any atom is -0.384 e. The van der Waals surface area contributed by atoms with Gasteiger partial charge in [0.1, 0.15) is 5.82 Å². The van der Waals surface area contributed by atoms with Crippen molar-refractivity contribution < 1.29 is 4.79 Å². The molecule has 0 spiro atoms. The molecule has 0 aromatic carbocycles. The van der Waals surface area contributed by atoms with Gasteiger partial charge in [0.25, 0.3) is 5.91 Å². The molecule has 1 amide bonds. The van der Waals surface area contributed by atoms with E-state index in [1.165, 1.54) is 0 Å². The maximum atomic E-state index is 12.6. The van der Waals surface area contributed by atoms with Gasteiger partial charge in [0, 0.05) is 42.9 Å². The first-order valence-electron chi connectivity index (χ1n) is 7.03. The van der Waals surface area contributed by atoms with Crippen molar-refractivity contribution in [2.45, 2.75) is 26.2 Å². The molecule has 5 heteroatoms. The normalized spacial score (nSPS) is 17.3. The smallest absolute Gasteiger partial charge is 0.254 e. The quantitative estimate of drug-likeness (QED) is 0.841. The summed E-state index contributed by atoms with van der Waals surface area (Å²) in [5.41, 5.74) is 7.24. The fourth-order valence-electron chi connectivity index (χ4n) is 2.25. The van der Waals surface area contributed by atoms with Crippen molar-refractivity contribution in [1.82, 2.24) is 14.8 Å². The van der Waals surface area contributed by atoms with E-state index in [1.54, 1.807) is 6.07 Å². The molecule has 0 bridgehead atoms. The Kier molecular flexibility index (Phi) is 3.99. The van der Waals surface area contributed by atoms with Gasteiger partial charge < -0.3 is 15.5 Å². The predicted octanol–water partition coefficient (Wildman–Crippen LogP) is 1.35. The molecule has 0 saturated carbocycles. The molecule has 1 aliphatic heterocycles. The molecule has 1 aliphatic rings. The second-order valence-electron chi connectivity index (χ2n) is 6.51. The lowest BCUT2D eigenvalue weighted by Gasteiger charge is -2.32. The van der Waals surface area contributed by atoms with Gasteiger partial charge in [0.15, 0.2) is 0 Å². The van der Waals surface area contributed by atoms with Crippen LogP contribution < -0.4 is 5.73 Å². The van der Waals surface area contributed by atoms with Crippen molar-refractivity contribution in [3.05, 3.63) is 23.4 Å². The van der Waals surface area contributed by atoms with Crippen molar-refractivity contribution in [1.29, 1.82) is 0 Å². The molecule has 1 saturated heterocycles. The maximum Gasteiger partial charge on any atom is 0.254 e. The number of rotatable bonds is 1. The molecule has 2 rings (SSSR count). The molecule has 1 aromatic heterocycles. The molecular weight excluding hydrogens is 252 g/mol. The van der Waals surface area contributed by atoms with Crippen LogP contribution in [0.15, 0.2) is 12.1 Å². The molecule has 0 radical (unpaired) electrons. The average molecular weight is 276 g/mol. The fourth-order valence-corrected chi connectivity index (χ4v) is 2.25. The van der Waals surface area contributed by atoms with Crippen LogP contribution in [0.4, 0.5) is 5.82 Å². The van der Waals surface area contributed by atoms with Gasteiger partial charge in [0.05, 0.1) is 0 Å². The summed E-state index contributed by atoms with van der Waals surface area (Å²) in [6.07, 6.45) is 0. The molecule has 110 valence electrons. The van der Waals surface area contributed by atoms with Crippen LogP contribution in [-0.2, 0) is 5.41 Å². The van der Waals surface area contributed by atoms with E-state index in [4.69, 9.17) is 5.73 Å². The number of nitrogens with zero attached hydrogens (tertiary/aromatic N) is 3. The van der Waals surface area contributed by atoms with Crippen LogP contribution in [0.2, 0.25) is 0 Å².